The third-order valence-corrected chi connectivity index (χ3v) is 9.95. The van der Waals surface area contributed by atoms with Crippen LogP contribution in [0.1, 0.15) is 99.5 Å². The highest BCUT2D eigenvalue weighted by Gasteiger charge is 2.29. The number of guanidine groups is 1. The Labute approximate surface area is 297 Å². The van der Waals surface area contributed by atoms with Gasteiger partial charge in [-0.25, -0.2) is 0 Å². The molecule has 0 unspecified atom stereocenters. The van der Waals surface area contributed by atoms with Crippen LogP contribution in [-0.4, -0.2) is 67.6 Å². The van der Waals surface area contributed by atoms with E-state index < -0.39 is 6.10 Å². The van der Waals surface area contributed by atoms with Crippen molar-refractivity contribution < 1.29 is 29.2 Å². The van der Waals surface area contributed by atoms with Crippen LogP contribution in [0.4, 0.5) is 0 Å². The molecule has 1 heterocycles. The Morgan fingerprint density at radius 1 is 1.08 bits per heavy atom. The SMILES string of the molecule is COc1c(O)ccc2c1C#CCc1cc(c3c(c1OCNC1CCCCC1)OC[C@@H](CCNC(N)=NCC(C)C)C3)CC[C@@H](O)CC(=O)CC2. The number of phenols is 1. The van der Waals surface area contributed by atoms with Crippen LogP contribution in [0.25, 0.3) is 0 Å². The maximum absolute atomic E-state index is 13.0. The lowest BCUT2D eigenvalue weighted by Gasteiger charge is -2.31. The second-order valence-corrected chi connectivity index (χ2v) is 14.4. The Bertz CT molecular complexity index is 1560. The zero-order chi connectivity index (χ0) is 35.5. The van der Waals surface area contributed by atoms with Gasteiger partial charge in [-0.1, -0.05) is 57.1 Å². The number of ketones is 1. The first kappa shape index (κ1) is 37.3. The summed E-state index contributed by atoms with van der Waals surface area (Å²) >= 11 is 0. The summed E-state index contributed by atoms with van der Waals surface area (Å²) in [6.45, 7) is 6.52. The van der Waals surface area contributed by atoms with Gasteiger partial charge in [0.05, 0.1) is 25.4 Å². The number of nitrogens with one attached hydrogen (secondary N) is 2. The molecular formula is C40H56N4O6. The smallest absolute Gasteiger partial charge is 0.188 e. The molecule has 6 N–H and O–H groups in total. The van der Waals surface area contributed by atoms with Crippen LogP contribution in [0.15, 0.2) is 23.2 Å². The van der Waals surface area contributed by atoms with Crippen molar-refractivity contribution in [2.24, 2.45) is 22.6 Å². The largest absolute Gasteiger partial charge is 0.504 e. The average Bonchev–Trinajstić information content (AvgIpc) is 3.10. The molecule has 2 atom stereocenters. The topological polar surface area (TPSA) is 148 Å². The minimum atomic E-state index is -0.759. The third kappa shape index (κ3) is 10.3. The van der Waals surface area contributed by atoms with Crippen LogP contribution >= 0.6 is 0 Å². The fourth-order valence-electron chi connectivity index (χ4n) is 7.15. The molecule has 2 bridgehead atoms. The quantitative estimate of drug-likeness (QED) is 0.101. The number of Topliss-reactive ketones (excluding diaryl/α,β-unsaturated/α-hetero) is 1. The van der Waals surface area contributed by atoms with Crippen molar-refractivity contribution in [1.82, 2.24) is 10.6 Å². The number of carbonyl (C=O) groups excluding carboxylic acids is 1. The van der Waals surface area contributed by atoms with Gasteiger partial charge in [0, 0.05) is 49.5 Å². The Hall–Kier alpha value is -3.94. The molecule has 2 aliphatic carbocycles. The normalized spacial score (nSPS) is 20.3. The van der Waals surface area contributed by atoms with E-state index in [0.717, 1.165) is 53.7 Å². The second-order valence-electron chi connectivity index (χ2n) is 14.4. The van der Waals surface area contributed by atoms with E-state index in [1.165, 1.54) is 26.4 Å². The predicted octanol–water partition coefficient (Wildman–Crippen LogP) is 4.95. The van der Waals surface area contributed by atoms with Gasteiger partial charge in [-0.2, -0.15) is 0 Å². The van der Waals surface area contributed by atoms with Crippen LogP contribution in [-0.2, 0) is 30.5 Å². The highest BCUT2D eigenvalue weighted by atomic mass is 16.5. The molecule has 50 heavy (non-hydrogen) atoms. The molecule has 2 aromatic carbocycles. The van der Waals surface area contributed by atoms with Gasteiger partial charge in [-0.3, -0.25) is 15.1 Å². The van der Waals surface area contributed by atoms with E-state index >= 15 is 0 Å². The molecule has 0 radical (unpaired) electrons. The number of aromatic hydroxyl groups is 1. The molecular weight excluding hydrogens is 632 g/mol. The number of nitrogens with zero attached hydrogens (tertiary/aromatic N) is 1. The number of phenolic OH excluding ortho intramolecular Hbond substituents is 1. The molecule has 2 aromatic rings. The molecule has 1 fully saturated rings. The molecule has 0 saturated heterocycles. The summed E-state index contributed by atoms with van der Waals surface area (Å²) in [7, 11) is 1.51. The minimum Gasteiger partial charge on any atom is -0.504 e. The summed E-state index contributed by atoms with van der Waals surface area (Å²) in [4.78, 5) is 17.4. The number of rotatable bonds is 10. The number of hydrogen-bond acceptors (Lipinski definition) is 8. The fraction of sp³-hybridized carbons (Fsp3) is 0.600. The average molecular weight is 689 g/mol. The van der Waals surface area contributed by atoms with Gasteiger partial charge in [0.2, 0.25) is 0 Å². The van der Waals surface area contributed by atoms with Crippen molar-refractivity contribution in [1.29, 1.82) is 0 Å². The first-order chi connectivity index (χ1) is 24.2. The molecule has 0 spiro atoms. The van der Waals surface area contributed by atoms with Crippen molar-refractivity contribution in [3.63, 3.8) is 0 Å². The van der Waals surface area contributed by atoms with E-state index in [0.29, 0.717) is 87.1 Å². The van der Waals surface area contributed by atoms with Crippen molar-refractivity contribution in [2.75, 3.05) is 33.5 Å². The van der Waals surface area contributed by atoms with Gasteiger partial charge in [-0.15, -0.1) is 0 Å². The lowest BCUT2D eigenvalue weighted by Crippen LogP contribution is -2.35. The zero-order valence-electron chi connectivity index (χ0n) is 30.1. The fourth-order valence-corrected chi connectivity index (χ4v) is 7.15. The van der Waals surface area contributed by atoms with E-state index in [1.54, 1.807) is 12.1 Å². The Morgan fingerprint density at radius 2 is 1.90 bits per heavy atom. The van der Waals surface area contributed by atoms with Gasteiger partial charge < -0.3 is 35.5 Å². The van der Waals surface area contributed by atoms with Crippen LogP contribution < -0.4 is 30.6 Å². The summed E-state index contributed by atoms with van der Waals surface area (Å²) in [5.41, 5.74) is 10.6. The molecule has 10 heteroatoms. The first-order valence-corrected chi connectivity index (χ1v) is 18.5. The van der Waals surface area contributed by atoms with Gasteiger partial charge in [0.1, 0.15) is 12.5 Å². The number of aliphatic imine (C=N–C) groups is 1. The van der Waals surface area contributed by atoms with E-state index in [4.69, 9.17) is 19.9 Å². The monoisotopic (exact) mass is 688 g/mol. The predicted molar refractivity (Wildman–Crippen MR) is 196 cm³/mol. The molecule has 10 nitrogen and oxygen atoms in total. The summed E-state index contributed by atoms with van der Waals surface area (Å²) in [6.07, 6.45) is 9.17. The molecule has 0 amide bonds. The summed E-state index contributed by atoms with van der Waals surface area (Å²) in [5, 5.41) is 28.4. The minimum absolute atomic E-state index is 0.00206. The molecule has 1 saturated carbocycles. The molecule has 272 valence electrons. The Balaban J connectivity index is 1.47. The van der Waals surface area contributed by atoms with Gasteiger partial charge >= 0.3 is 0 Å². The molecule has 5 rings (SSSR count). The number of benzene rings is 2. The lowest BCUT2D eigenvalue weighted by molar-refractivity contribution is -0.121. The Morgan fingerprint density at radius 3 is 2.68 bits per heavy atom. The van der Waals surface area contributed by atoms with Crippen LogP contribution in [0, 0.1) is 23.7 Å². The van der Waals surface area contributed by atoms with Gasteiger partial charge in [0.15, 0.2) is 29.0 Å². The van der Waals surface area contributed by atoms with Crippen molar-refractivity contribution in [3.05, 3.63) is 46.0 Å². The van der Waals surface area contributed by atoms with E-state index in [-0.39, 0.29) is 30.3 Å². The van der Waals surface area contributed by atoms with Crippen LogP contribution in [0.5, 0.6) is 23.0 Å². The highest BCUT2D eigenvalue weighted by Crippen LogP contribution is 2.43. The molecule has 1 aliphatic heterocycles. The second kappa shape index (κ2) is 18.3. The number of aryl methyl sites for hydroxylation is 2. The number of nitrogens with two attached hydrogens (primary N) is 1. The first-order valence-electron chi connectivity index (χ1n) is 18.5. The standard InChI is InChI=1S/C40H56N4O6/c1-26(2)23-43-40(41)42-19-18-27-20-35-29-13-16-33(46)22-32(45)15-12-28-14-17-36(47)38(48-3)34(28)11-7-8-30(21-29)37(39(35)49-24-27)50-25-44-31-9-5-4-6-10-31/h14,17,21,26-27,31,33,44,46-47H,4-6,8-10,12-13,15-16,18-20,22-25H2,1-3H3,(H3,41,42,43)/t27-,33+/m0/s1. The van der Waals surface area contributed by atoms with Crippen LogP contribution in [0.2, 0.25) is 0 Å². The number of carbonyl (C=O) groups is 1. The van der Waals surface area contributed by atoms with Gasteiger partial charge in [0.25, 0.3) is 0 Å². The van der Waals surface area contributed by atoms with E-state index in [1.807, 2.05) is 0 Å². The summed E-state index contributed by atoms with van der Waals surface area (Å²) in [5.74, 6) is 9.48. The van der Waals surface area contributed by atoms with Crippen molar-refractivity contribution in [3.8, 4) is 34.8 Å². The summed E-state index contributed by atoms with van der Waals surface area (Å²) in [6, 6.07) is 5.95. The third-order valence-electron chi connectivity index (χ3n) is 9.95. The maximum Gasteiger partial charge on any atom is 0.188 e. The van der Waals surface area contributed by atoms with Crippen molar-refractivity contribution in [2.45, 2.75) is 109 Å². The number of ether oxygens (including phenoxy) is 3. The maximum atomic E-state index is 13.0. The Kier molecular flexibility index (Phi) is 13.7. The van der Waals surface area contributed by atoms with E-state index in [9.17, 15) is 15.0 Å². The summed E-state index contributed by atoms with van der Waals surface area (Å²) < 4.78 is 18.7. The molecule has 3 aliphatic rings. The van der Waals surface area contributed by atoms with E-state index in [2.05, 4.69) is 47.4 Å². The number of hydrogen-bond donors (Lipinski definition) is 5. The number of methoxy groups -OCH3 is 1. The highest BCUT2D eigenvalue weighted by molar-refractivity contribution is 5.79. The van der Waals surface area contributed by atoms with Crippen LogP contribution in [0.3, 0.4) is 0 Å². The molecule has 0 aromatic heterocycles. The number of fused-ring (bicyclic) bond motifs is 5. The lowest BCUT2D eigenvalue weighted by atomic mass is 9.86. The number of aliphatic hydroxyl groups excluding tert-OH is 1. The number of aliphatic hydroxyl groups is 1. The van der Waals surface area contributed by atoms with Crippen molar-refractivity contribution >= 4 is 11.7 Å². The van der Waals surface area contributed by atoms with Gasteiger partial charge in [-0.05, 0) is 74.0 Å². The zero-order valence-corrected chi connectivity index (χ0v) is 30.1.